The molecule has 92 valence electrons. The average molecular weight is 235 g/mol. The lowest BCUT2D eigenvalue weighted by atomic mass is 9.84. The second kappa shape index (κ2) is 5.85. The predicted molar refractivity (Wildman–Crippen MR) is 65.9 cm³/mol. The van der Waals surface area contributed by atoms with Crippen LogP contribution in [0.4, 0.5) is 0 Å². The van der Waals surface area contributed by atoms with Crippen LogP contribution in [0.15, 0.2) is 0 Å². The first-order chi connectivity index (χ1) is 6.73. The van der Waals surface area contributed by atoms with Crippen molar-refractivity contribution in [2.75, 3.05) is 18.6 Å². The van der Waals surface area contributed by atoms with E-state index in [-0.39, 0.29) is 11.2 Å². The third-order valence-electron chi connectivity index (χ3n) is 2.78. The molecule has 0 rings (SSSR count). The zero-order chi connectivity index (χ0) is 12.1. The molecule has 0 spiro atoms. The Hall–Kier alpha value is -0.0900. The third-order valence-corrected chi connectivity index (χ3v) is 4.57. The lowest BCUT2D eigenvalue weighted by Gasteiger charge is -2.30. The number of nitrogens with one attached hydrogen (secondary N) is 1. The van der Waals surface area contributed by atoms with Crippen molar-refractivity contribution in [3.05, 3.63) is 0 Å². The summed E-state index contributed by atoms with van der Waals surface area (Å²) in [6.07, 6.45) is 1.66. The fourth-order valence-electron chi connectivity index (χ4n) is 1.66. The van der Waals surface area contributed by atoms with Gasteiger partial charge >= 0.3 is 0 Å². The van der Waals surface area contributed by atoms with Gasteiger partial charge in [0.25, 0.3) is 0 Å². The number of sulfone groups is 1. The van der Waals surface area contributed by atoms with E-state index in [4.69, 9.17) is 0 Å². The smallest absolute Gasteiger partial charge is 0.150 e. The van der Waals surface area contributed by atoms with E-state index in [0.29, 0.717) is 11.8 Å². The minimum atomic E-state index is -2.80. The topological polar surface area (TPSA) is 46.2 Å². The molecule has 15 heavy (non-hydrogen) atoms. The molecule has 1 atom stereocenters. The van der Waals surface area contributed by atoms with Gasteiger partial charge < -0.3 is 5.32 Å². The molecular formula is C11H25NO2S. The van der Waals surface area contributed by atoms with Gasteiger partial charge in [-0.2, -0.15) is 0 Å². The second-order valence-electron chi connectivity index (χ2n) is 5.09. The molecule has 4 heteroatoms. The van der Waals surface area contributed by atoms with Crippen molar-refractivity contribution in [2.24, 2.45) is 5.41 Å². The first-order valence-corrected chi connectivity index (χ1v) is 7.42. The molecule has 0 aliphatic carbocycles. The molecular weight excluding hydrogens is 210 g/mol. The van der Waals surface area contributed by atoms with E-state index in [1.165, 1.54) is 0 Å². The SMILES string of the molecule is CCS(=O)(=O)CCCC(NC)C(C)(C)C. The normalized spacial score (nSPS) is 15.3. The summed E-state index contributed by atoms with van der Waals surface area (Å²) in [7, 11) is -0.862. The molecule has 1 unspecified atom stereocenters. The Morgan fingerprint density at radius 2 is 1.80 bits per heavy atom. The number of rotatable bonds is 6. The Balaban J connectivity index is 4.05. The van der Waals surface area contributed by atoms with E-state index in [2.05, 4.69) is 26.1 Å². The van der Waals surface area contributed by atoms with Crippen LogP contribution < -0.4 is 5.32 Å². The molecule has 0 aromatic heterocycles. The van der Waals surface area contributed by atoms with Gasteiger partial charge in [-0.05, 0) is 25.3 Å². The van der Waals surface area contributed by atoms with Gasteiger partial charge in [-0.15, -0.1) is 0 Å². The van der Waals surface area contributed by atoms with Gasteiger partial charge in [0.05, 0.1) is 5.75 Å². The molecule has 1 N–H and O–H groups in total. The Labute approximate surface area is 94.6 Å². The van der Waals surface area contributed by atoms with Crippen LogP contribution in [0.2, 0.25) is 0 Å². The maximum Gasteiger partial charge on any atom is 0.150 e. The molecule has 0 aromatic rings. The highest BCUT2D eigenvalue weighted by molar-refractivity contribution is 7.91. The summed E-state index contributed by atoms with van der Waals surface area (Å²) in [4.78, 5) is 0. The highest BCUT2D eigenvalue weighted by Gasteiger charge is 2.22. The zero-order valence-corrected chi connectivity index (χ0v) is 11.4. The first kappa shape index (κ1) is 14.9. The van der Waals surface area contributed by atoms with Crippen molar-refractivity contribution in [1.29, 1.82) is 0 Å². The second-order valence-corrected chi connectivity index (χ2v) is 7.56. The molecule has 0 fully saturated rings. The Morgan fingerprint density at radius 3 is 2.13 bits per heavy atom. The van der Waals surface area contributed by atoms with Crippen LogP contribution in [-0.4, -0.2) is 33.0 Å². The molecule has 3 nitrogen and oxygen atoms in total. The Morgan fingerprint density at radius 1 is 1.27 bits per heavy atom. The highest BCUT2D eigenvalue weighted by atomic mass is 32.2. The van der Waals surface area contributed by atoms with E-state index in [9.17, 15) is 8.42 Å². The maximum absolute atomic E-state index is 11.3. The summed E-state index contributed by atoms with van der Waals surface area (Å²) in [5.41, 5.74) is 0.185. The quantitative estimate of drug-likeness (QED) is 0.764. The van der Waals surface area contributed by atoms with Crippen molar-refractivity contribution in [3.8, 4) is 0 Å². The minimum Gasteiger partial charge on any atom is -0.316 e. The van der Waals surface area contributed by atoms with Gasteiger partial charge in [0, 0.05) is 11.8 Å². The molecule has 0 bridgehead atoms. The molecule has 0 saturated heterocycles. The summed E-state index contributed by atoms with van der Waals surface area (Å²) in [5, 5.41) is 3.25. The van der Waals surface area contributed by atoms with Crippen molar-refractivity contribution in [2.45, 2.75) is 46.6 Å². The molecule has 0 aromatic carbocycles. The van der Waals surface area contributed by atoms with Crippen molar-refractivity contribution in [3.63, 3.8) is 0 Å². The van der Waals surface area contributed by atoms with Crippen LogP contribution in [0.1, 0.15) is 40.5 Å². The van der Waals surface area contributed by atoms with Crippen molar-refractivity contribution in [1.82, 2.24) is 5.32 Å². The fraction of sp³-hybridized carbons (Fsp3) is 1.00. The van der Waals surface area contributed by atoms with E-state index in [1.807, 2.05) is 7.05 Å². The van der Waals surface area contributed by atoms with Crippen LogP contribution >= 0.6 is 0 Å². The zero-order valence-electron chi connectivity index (χ0n) is 10.6. The fourth-order valence-corrected chi connectivity index (χ4v) is 2.56. The Kier molecular flexibility index (Phi) is 5.81. The van der Waals surface area contributed by atoms with E-state index in [1.54, 1.807) is 6.92 Å². The molecule has 0 heterocycles. The van der Waals surface area contributed by atoms with Gasteiger partial charge in [0.15, 0.2) is 0 Å². The third kappa shape index (κ3) is 6.15. The van der Waals surface area contributed by atoms with Gasteiger partial charge in [-0.3, -0.25) is 0 Å². The van der Waals surface area contributed by atoms with Crippen LogP contribution in [0.5, 0.6) is 0 Å². The monoisotopic (exact) mass is 235 g/mol. The van der Waals surface area contributed by atoms with Gasteiger partial charge in [-0.1, -0.05) is 27.7 Å². The highest BCUT2D eigenvalue weighted by Crippen LogP contribution is 2.22. The molecule has 0 aliphatic rings. The van der Waals surface area contributed by atoms with Crippen molar-refractivity contribution < 1.29 is 8.42 Å². The molecule has 0 radical (unpaired) electrons. The lowest BCUT2D eigenvalue weighted by molar-refractivity contribution is 0.266. The van der Waals surface area contributed by atoms with E-state index < -0.39 is 9.84 Å². The standard InChI is InChI=1S/C11H25NO2S/c1-6-15(13,14)9-7-8-10(12-5)11(2,3)4/h10,12H,6-9H2,1-5H3. The summed E-state index contributed by atoms with van der Waals surface area (Å²) < 4.78 is 22.6. The van der Waals surface area contributed by atoms with Gasteiger partial charge in [0.1, 0.15) is 9.84 Å². The van der Waals surface area contributed by atoms with E-state index in [0.717, 1.165) is 12.8 Å². The van der Waals surface area contributed by atoms with Gasteiger partial charge in [0.2, 0.25) is 0 Å². The van der Waals surface area contributed by atoms with Crippen LogP contribution in [0.25, 0.3) is 0 Å². The van der Waals surface area contributed by atoms with Crippen LogP contribution in [0.3, 0.4) is 0 Å². The average Bonchev–Trinajstić information content (AvgIpc) is 2.10. The number of hydrogen-bond acceptors (Lipinski definition) is 3. The number of hydrogen-bond donors (Lipinski definition) is 1. The first-order valence-electron chi connectivity index (χ1n) is 5.60. The largest absolute Gasteiger partial charge is 0.316 e. The summed E-state index contributed by atoms with van der Waals surface area (Å²) >= 11 is 0. The molecule has 0 aliphatic heterocycles. The predicted octanol–water partition coefficient (Wildman–Crippen LogP) is 1.84. The molecule has 0 amide bonds. The van der Waals surface area contributed by atoms with Crippen LogP contribution in [-0.2, 0) is 9.84 Å². The van der Waals surface area contributed by atoms with Gasteiger partial charge in [-0.25, -0.2) is 8.42 Å². The minimum absolute atomic E-state index is 0.185. The summed E-state index contributed by atoms with van der Waals surface area (Å²) in [6, 6.07) is 0.379. The maximum atomic E-state index is 11.3. The van der Waals surface area contributed by atoms with E-state index >= 15 is 0 Å². The van der Waals surface area contributed by atoms with Crippen molar-refractivity contribution >= 4 is 9.84 Å². The molecule has 0 saturated carbocycles. The van der Waals surface area contributed by atoms with Crippen LogP contribution in [0, 0.1) is 5.41 Å². The Bertz CT molecular complexity index is 265. The summed E-state index contributed by atoms with van der Waals surface area (Å²) in [6.45, 7) is 8.21. The summed E-state index contributed by atoms with van der Waals surface area (Å²) in [5.74, 6) is 0.574. The lowest BCUT2D eigenvalue weighted by Crippen LogP contribution is -2.38.